The zero-order chi connectivity index (χ0) is 10.4. The molecule has 0 atom stereocenters. The Balaban J connectivity index is 2.81. The molecule has 0 aliphatic heterocycles. The third-order valence-electron chi connectivity index (χ3n) is 2.03. The molecular weight excluding hydrogens is 180 g/mol. The van der Waals surface area contributed by atoms with Crippen molar-refractivity contribution in [3.05, 3.63) is 23.8 Å². The van der Waals surface area contributed by atoms with Gasteiger partial charge in [0.05, 0.1) is 14.2 Å². The molecule has 1 N–H and O–H groups in total. The van der Waals surface area contributed by atoms with Gasteiger partial charge in [-0.25, -0.2) is 0 Å². The zero-order valence-corrected chi connectivity index (χ0v) is 8.62. The average molecular weight is 196 g/mol. The summed E-state index contributed by atoms with van der Waals surface area (Å²) in [6, 6.07) is 5.75. The summed E-state index contributed by atoms with van der Waals surface area (Å²) in [5.74, 6) is 1.58. The highest BCUT2D eigenvalue weighted by Gasteiger charge is 2.01. The van der Waals surface area contributed by atoms with Crippen molar-refractivity contribution in [2.75, 3.05) is 20.8 Å². The van der Waals surface area contributed by atoms with E-state index in [0.717, 1.165) is 29.9 Å². The highest BCUT2D eigenvalue weighted by Crippen LogP contribution is 2.23. The lowest BCUT2D eigenvalue weighted by Crippen LogP contribution is -1.93. The lowest BCUT2D eigenvalue weighted by molar-refractivity contribution is 0.288. The summed E-state index contributed by atoms with van der Waals surface area (Å²) in [4.78, 5) is 0. The Labute approximate surface area is 84.3 Å². The van der Waals surface area contributed by atoms with Crippen LogP contribution >= 0.6 is 0 Å². The van der Waals surface area contributed by atoms with Crippen LogP contribution in [-0.2, 0) is 6.42 Å². The van der Waals surface area contributed by atoms with Crippen molar-refractivity contribution in [2.45, 2.75) is 12.8 Å². The molecule has 0 fully saturated rings. The second kappa shape index (κ2) is 5.50. The van der Waals surface area contributed by atoms with E-state index in [2.05, 4.69) is 0 Å². The normalized spacial score (nSPS) is 9.93. The van der Waals surface area contributed by atoms with E-state index >= 15 is 0 Å². The molecule has 78 valence electrons. The van der Waals surface area contributed by atoms with Crippen molar-refractivity contribution in [1.29, 1.82) is 0 Å². The number of aliphatic hydroxyl groups is 1. The summed E-state index contributed by atoms with van der Waals surface area (Å²) < 4.78 is 10.3. The Hall–Kier alpha value is -1.22. The van der Waals surface area contributed by atoms with Crippen molar-refractivity contribution < 1.29 is 14.6 Å². The van der Waals surface area contributed by atoms with E-state index in [-0.39, 0.29) is 6.61 Å². The zero-order valence-electron chi connectivity index (χ0n) is 8.62. The third-order valence-corrected chi connectivity index (χ3v) is 2.03. The molecule has 0 radical (unpaired) electrons. The standard InChI is InChI=1S/C11H16O3/c1-13-10-6-9(4-3-5-12)7-11(8-10)14-2/h6-8,12H,3-5H2,1-2H3. The van der Waals surface area contributed by atoms with E-state index in [4.69, 9.17) is 14.6 Å². The Kier molecular flexibility index (Phi) is 4.26. The van der Waals surface area contributed by atoms with Gasteiger partial charge in [-0.05, 0) is 30.5 Å². The quantitative estimate of drug-likeness (QED) is 0.777. The molecule has 0 saturated heterocycles. The van der Waals surface area contributed by atoms with E-state index in [1.54, 1.807) is 14.2 Å². The van der Waals surface area contributed by atoms with Crippen LogP contribution in [0.5, 0.6) is 11.5 Å². The van der Waals surface area contributed by atoms with Crippen LogP contribution in [-0.4, -0.2) is 25.9 Å². The molecule has 0 bridgehead atoms. The van der Waals surface area contributed by atoms with Gasteiger partial charge in [-0.2, -0.15) is 0 Å². The maximum Gasteiger partial charge on any atom is 0.122 e. The van der Waals surface area contributed by atoms with Gasteiger partial charge in [-0.15, -0.1) is 0 Å². The monoisotopic (exact) mass is 196 g/mol. The molecule has 1 aromatic carbocycles. The van der Waals surface area contributed by atoms with E-state index in [1.165, 1.54) is 0 Å². The van der Waals surface area contributed by atoms with Gasteiger partial charge in [0.15, 0.2) is 0 Å². The first kappa shape index (κ1) is 10.9. The third kappa shape index (κ3) is 2.92. The van der Waals surface area contributed by atoms with Crippen LogP contribution in [0.2, 0.25) is 0 Å². The molecular formula is C11H16O3. The number of methoxy groups -OCH3 is 2. The largest absolute Gasteiger partial charge is 0.497 e. The summed E-state index contributed by atoms with van der Waals surface area (Å²) in [5.41, 5.74) is 1.12. The molecule has 3 nitrogen and oxygen atoms in total. The number of aryl methyl sites for hydroxylation is 1. The maximum atomic E-state index is 8.72. The first-order chi connectivity index (χ1) is 6.80. The predicted octanol–water partition coefficient (Wildman–Crippen LogP) is 1.63. The number of aliphatic hydroxyl groups excluding tert-OH is 1. The van der Waals surface area contributed by atoms with E-state index in [9.17, 15) is 0 Å². The lowest BCUT2D eigenvalue weighted by Gasteiger charge is -2.07. The molecule has 0 aromatic heterocycles. The van der Waals surface area contributed by atoms with Crippen LogP contribution in [0.1, 0.15) is 12.0 Å². The van der Waals surface area contributed by atoms with E-state index in [0.29, 0.717) is 0 Å². The second-order valence-electron chi connectivity index (χ2n) is 3.05. The number of ether oxygens (including phenoxy) is 2. The molecule has 14 heavy (non-hydrogen) atoms. The van der Waals surface area contributed by atoms with Crippen LogP contribution in [0.4, 0.5) is 0 Å². The number of rotatable bonds is 5. The van der Waals surface area contributed by atoms with E-state index in [1.807, 2.05) is 18.2 Å². The number of hydrogen-bond acceptors (Lipinski definition) is 3. The first-order valence-corrected chi connectivity index (χ1v) is 4.63. The van der Waals surface area contributed by atoms with Crippen molar-refractivity contribution in [2.24, 2.45) is 0 Å². The molecule has 0 saturated carbocycles. The summed E-state index contributed by atoms with van der Waals surface area (Å²) in [5, 5.41) is 8.72. The molecule has 3 heteroatoms. The predicted molar refractivity (Wildman–Crippen MR) is 55.0 cm³/mol. The molecule has 0 amide bonds. The summed E-state index contributed by atoms with van der Waals surface area (Å²) in [6.45, 7) is 0.208. The Bertz CT molecular complexity index is 262. The van der Waals surface area contributed by atoms with Gasteiger partial charge in [0.1, 0.15) is 11.5 Å². The first-order valence-electron chi connectivity index (χ1n) is 4.63. The minimum atomic E-state index is 0.208. The molecule has 0 spiro atoms. The molecule has 0 aliphatic carbocycles. The van der Waals surface area contributed by atoms with Gasteiger partial charge in [-0.3, -0.25) is 0 Å². The smallest absolute Gasteiger partial charge is 0.122 e. The number of hydrogen-bond donors (Lipinski definition) is 1. The Morgan fingerprint density at radius 1 is 1.07 bits per heavy atom. The molecule has 0 unspecified atom stereocenters. The van der Waals surface area contributed by atoms with Crippen molar-refractivity contribution in [3.63, 3.8) is 0 Å². The summed E-state index contributed by atoms with van der Waals surface area (Å²) >= 11 is 0. The summed E-state index contributed by atoms with van der Waals surface area (Å²) in [7, 11) is 3.26. The summed E-state index contributed by atoms with van der Waals surface area (Å²) in [6.07, 6.45) is 1.60. The van der Waals surface area contributed by atoms with Crippen molar-refractivity contribution in [1.82, 2.24) is 0 Å². The molecule has 1 rings (SSSR count). The van der Waals surface area contributed by atoms with Crippen LogP contribution in [0, 0.1) is 0 Å². The van der Waals surface area contributed by atoms with E-state index < -0.39 is 0 Å². The highest BCUT2D eigenvalue weighted by molar-refractivity contribution is 5.38. The van der Waals surface area contributed by atoms with Crippen LogP contribution in [0.3, 0.4) is 0 Å². The van der Waals surface area contributed by atoms with Crippen molar-refractivity contribution in [3.8, 4) is 11.5 Å². The fourth-order valence-corrected chi connectivity index (χ4v) is 1.29. The van der Waals surface area contributed by atoms with Gasteiger partial charge in [0.2, 0.25) is 0 Å². The van der Waals surface area contributed by atoms with Gasteiger partial charge in [0, 0.05) is 12.7 Å². The SMILES string of the molecule is COc1cc(CCCO)cc(OC)c1. The molecule has 0 aliphatic rings. The fourth-order valence-electron chi connectivity index (χ4n) is 1.29. The number of benzene rings is 1. The average Bonchev–Trinajstić information content (AvgIpc) is 2.25. The second-order valence-corrected chi connectivity index (χ2v) is 3.05. The fraction of sp³-hybridized carbons (Fsp3) is 0.455. The topological polar surface area (TPSA) is 38.7 Å². The van der Waals surface area contributed by atoms with Gasteiger partial charge < -0.3 is 14.6 Å². The molecule has 0 heterocycles. The molecule has 1 aromatic rings. The van der Waals surface area contributed by atoms with Crippen molar-refractivity contribution >= 4 is 0 Å². The minimum Gasteiger partial charge on any atom is -0.497 e. The van der Waals surface area contributed by atoms with Gasteiger partial charge in [0.25, 0.3) is 0 Å². The Morgan fingerprint density at radius 3 is 2.07 bits per heavy atom. The Morgan fingerprint density at radius 2 is 1.64 bits per heavy atom. The lowest BCUT2D eigenvalue weighted by atomic mass is 10.1. The van der Waals surface area contributed by atoms with Crippen LogP contribution < -0.4 is 9.47 Å². The van der Waals surface area contributed by atoms with Crippen LogP contribution in [0.25, 0.3) is 0 Å². The minimum absolute atomic E-state index is 0.208. The maximum absolute atomic E-state index is 8.72. The highest BCUT2D eigenvalue weighted by atomic mass is 16.5. The van der Waals surface area contributed by atoms with Gasteiger partial charge >= 0.3 is 0 Å². The van der Waals surface area contributed by atoms with Gasteiger partial charge in [-0.1, -0.05) is 0 Å². The van der Waals surface area contributed by atoms with Crippen LogP contribution in [0.15, 0.2) is 18.2 Å².